The van der Waals surface area contributed by atoms with Crippen LogP contribution < -0.4 is 11.1 Å². The van der Waals surface area contributed by atoms with Crippen LogP contribution >= 0.6 is 12.6 Å². The number of rotatable bonds is 7. The van der Waals surface area contributed by atoms with Crippen molar-refractivity contribution in [1.82, 2.24) is 20.2 Å². The molecule has 0 aliphatic heterocycles. The molecule has 0 saturated carbocycles. The number of carbonyl (C=O) groups is 2. The van der Waals surface area contributed by atoms with Gasteiger partial charge in [0.1, 0.15) is 6.54 Å². The van der Waals surface area contributed by atoms with Crippen LogP contribution in [0.3, 0.4) is 0 Å². The van der Waals surface area contributed by atoms with Crippen molar-refractivity contribution < 1.29 is 9.59 Å². The van der Waals surface area contributed by atoms with E-state index in [1.54, 1.807) is 0 Å². The highest BCUT2D eigenvalue weighted by Gasteiger charge is 2.19. The second-order valence-electron chi connectivity index (χ2n) is 4.67. The number of nitrogens with zero attached hydrogens (tertiary/aromatic N) is 4. The quantitative estimate of drug-likeness (QED) is 0.615. The van der Waals surface area contributed by atoms with Crippen molar-refractivity contribution in [3.63, 3.8) is 0 Å². The fourth-order valence-corrected chi connectivity index (χ4v) is 2.15. The first-order chi connectivity index (χ1) is 10.6. The van der Waals surface area contributed by atoms with Crippen LogP contribution in [0.4, 0.5) is 5.95 Å². The summed E-state index contributed by atoms with van der Waals surface area (Å²) >= 11 is 4.22. The fourth-order valence-electron chi connectivity index (χ4n) is 1.85. The Morgan fingerprint density at radius 1 is 1.32 bits per heavy atom. The van der Waals surface area contributed by atoms with E-state index in [-0.39, 0.29) is 24.3 Å². The molecule has 2 rings (SSSR count). The Kier molecular flexibility index (Phi) is 5.48. The van der Waals surface area contributed by atoms with Crippen LogP contribution in [0.2, 0.25) is 0 Å². The van der Waals surface area contributed by atoms with Crippen molar-refractivity contribution in [2.24, 2.45) is 11.7 Å². The zero-order valence-electron chi connectivity index (χ0n) is 11.7. The molecular formula is C13H16N6O2S. The van der Waals surface area contributed by atoms with Gasteiger partial charge in [0.05, 0.1) is 5.92 Å². The zero-order chi connectivity index (χ0) is 15.9. The summed E-state index contributed by atoms with van der Waals surface area (Å²) in [6.07, 6.45) is 0.561. The molecule has 0 saturated heterocycles. The van der Waals surface area contributed by atoms with Gasteiger partial charge in [-0.3, -0.25) is 14.9 Å². The number of hydrogen-bond donors (Lipinski definition) is 3. The van der Waals surface area contributed by atoms with E-state index >= 15 is 0 Å². The monoisotopic (exact) mass is 320 g/mol. The van der Waals surface area contributed by atoms with Gasteiger partial charge in [-0.05, 0) is 17.2 Å². The van der Waals surface area contributed by atoms with Crippen molar-refractivity contribution in [2.45, 2.75) is 13.0 Å². The van der Waals surface area contributed by atoms with Crippen LogP contribution in [-0.2, 0) is 22.6 Å². The maximum absolute atomic E-state index is 12.2. The molecule has 0 aliphatic rings. The molecule has 116 valence electrons. The van der Waals surface area contributed by atoms with E-state index < -0.39 is 5.91 Å². The Bertz CT molecular complexity index is 645. The Morgan fingerprint density at radius 3 is 2.68 bits per heavy atom. The number of thiol groups is 1. The van der Waals surface area contributed by atoms with Crippen molar-refractivity contribution in [2.75, 3.05) is 11.1 Å². The van der Waals surface area contributed by atoms with Gasteiger partial charge in [0.25, 0.3) is 5.95 Å². The Labute approximate surface area is 132 Å². The third-order valence-corrected chi connectivity index (χ3v) is 3.34. The molecule has 1 aromatic carbocycles. The highest BCUT2D eigenvalue weighted by atomic mass is 32.1. The summed E-state index contributed by atoms with van der Waals surface area (Å²) in [6.45, 7) is -0.192. The smallest absolute Gasteiger partial charge is 0.270 e. The average Bonchev–Trinajstić information content (AvgIpc) is 2.92. The van der Waals surface area contributed by atoms with Gasteiger partial charge in [0.2, 0.25) is 11.8 Å². The number of nitrogens with two attached hydrogens (primary N) is 1. The van der Waals surface area contributed by atoms with Gasteiger partial charge in [0.15, 0.2) is 0 Å². The van der Waals surface area contributed by atoms with Gasteiger partial charge in [-0.2, -0.15) is 17.4 Å². The molecule has 1 aromatic heterocycles. The van der Waals surface area contributed by atoms with Gasteiger partial charge in [-0.1, -0.05) is 35.4 Å². The summed E-state index contributed by atoms with van der Waals surface area (Å²) in [5.74, 6) is -0.749. The van der Waals surface area contributed by atoms with Crippen molar-refractivity contribution in [3.05, 3.63) is 35.9 Å². The predicted molar refractivity (Wildman–Crippen MR) is 83.1 cm³/mol. The Morgan fingerprint density at radius 2 is 2.05 bits per heavy atom. The summed E-state index contributed by atoms with van der Waals surface area (Å²) in [4.78, 5) is 24.0. The minimum absolute atomic E-state index is 0.0334. The number of tetrazole rings is 1. The maximum atomic E-state index is 12.2. The fraction of sp³-hybridized carbons (Fsp3) is 0.308. The van der Waals surface area contributed by atoms with Gasteiger partial charge in [-0.15, -0.1) is 5.10 Å². The molecular weight excluding hydrogens is 304 g/mol. The first-order valence-electron chi connectivity index (χ1n) is 6.60. The topological polar surface area (TPSA) is 116 Å². The van der Waals surface area contributed by atoms with Crippen molar-refractivity contribution in [3.8, 4) is 0 Å². The normalized spacial score (nSPS) is 11.9. The summed E-state index contributed by atoms with van der Waals surface area (Å²) in [5.41, 5.74) is 6.07. The predicted octanol–water partition coefficient (Wildman–Crippen LogP) is -0.114. The lowest BCUT2D eigenvalue weighted by Crippen LogP contribution is -2.26. The van der Waals surface area contributed by atoms with Crippen molar-refractivity contribution >= 4 is 30.4 Å². The third-order valence-electron chi connectivity index (χ3n) is 2.90. The third kappa shape index (κ3) is 4.55. The maximum Gasteiger partial charge on any atom is 0.270 e. The molecule has 9 heteroatoms. The first-order valence-corrected chi connectivity index (χ1v) is 7.23. The largest absolute Gasteiger partial charge is 0.368 e. The van der Waals surface area contributed by atoms with Gasteiger partial charge >= 0.3 is 0 Å². The molecule has 3 N–H and O–H groups in total. The lowest BCUT2D eigenvalue weighted by atomic mass is 10.0. The number of aromatic nitrogens is 4. The van der Waals surface area contributed by atoms with E-state index in [0.717, 1.165) is 10.4 Å². The second-order valence-corrected chi connectivity index (χ2v) is 5.03. The van der Waals surface area contributed by atoms with Crippen LogP contribution in [0.1, 0.15) is 5.56 Å². The molecule has 1 atom stereocenters. The number of amides is 2. The van der Waals surface area contributed by atoms with Crippen LogP contribution in [0, 0.1) is 5.92 Å². The van der Waals surface area contributed by atoms with Crippen LogP contribution in [-0.4, -0.2) is 37.8 Å². The molecule has 2 amide bonds. The van der Waals surface area contributed by atoms with Crippen LogP contribution in [0.5, 0.6) is 0 Å². The minimum atomic E-state index is -0.590. The van der Waals surface area contributed by atoms with E-state index in [0.29, 0.717) is 12.2 Å². The average molecular weight is 320 g/mol. The zero-order valence-corrected chi connectivity index (χ0v) is 12.6. The first kappa shape index (κ1) is 16.0. The summed E-state index contributed by atoms with van der Waals surface area (Å²) < 4.78 is 0. The Hall–Kier alpha value is -2.42. The molecule has 22 heavy (non-hydrogen) atoms. The van der Waals surface area contributed by atoms with Crippen LogP contribution in [0.25, 0.3) is 0 Å². The highest BCUT2D eigenvalue weighted by Crippen LogP contribution is 2.12. The molecule has 0 fully saturated rings. The minimum Gasteiger partial charge on any atom is -0.368 e. The lowest BCUT2D eigenvalue weighted by molar-refractivity contribution is -0.119. The van der Waals surface area contributed by atoms with Crippen LogP contribution in [0.15, 0.2) is 30.3 Å². The van der Waals surface area contributed by atoms with Crippen molar-refractivity contribution in [1.29, 1.82) is 0 Å². The molecule has 0 spiro atoms. The van der Waals surface area contributed by atoms with Gasteiger partial charge in [0, 0.05) is 5.75 Å². The Balaban J connectivity index is 1.97. The summed E-state index contributed by atoms with van der Waals surface area (Å²) in [5, 5.41) is 13.7. The SMILES string of the molecule is NC(=O)Cn1nnc(NC(=O)[C@@H](CS)Cc2ccccc2)n1. The highest BCUT2D eigenvalue weighted by molar-refractivity contribution is 7.80. The number of primary amides is 1. The summed E-state index contributed by atoms with van der Waals surface area (Å²) in [7, 11) is 0. The number of carbonyl (C=O) groups excluding carboxylic acids is 2. The van der Waals surface area contributed by atoms with E-state index in [9.17, 15) is 9.59 Å². The molecule has 0 aliphatic carbocycles. The molecule has 0 radical (unpaired) electrons. The van der Waals surface area contributed by atoms with Gasteiger partial charge < -0.3 is 5.73 Å². The molecule has 1 heterocycles. The van der Waals surface area contributed by atoms with E-state index in [2.05, 4.69) is 33.4 Å². The number of nitrogens with one attached hydrogen (secondary N) is 1. The number of anilines is 1. The van der Waals surface area contributed by atoms with E-state index in [1.807, 2.05) is 30.3 Å². The number of benzene rings is 1. The number of hydrogen-bond acceptors (Lipinski definition) is 6. The lowest BCUT2D eigenvalue weighted by Gasteiger charge is -2.12. The standard InChI is InChI=1S/C13H16N6O2S/c14-11(20)7-19-17-13(16-18-19)15-12(21)10(8-22)6-9-4-2-1-3-5-9/h1-5,10,22H,6-8H2,(H2,14,20)(H,15,17,21)/t10-/m1/s1. The van der Waals surface area contributed by atoms with Gasteiger partial charge in [-0.25, -0.2) is 0 Å². The molecule has 2 aromatic rings. The van der Waals surface area contributed by atoms with E-state index in [4.69, 9.17) is 5.73 Å². The van der Waals surface area contributed by atoms with E-state index in [1.165, 1.54) is 0 Å². The molecule has 8 nitrogen and oxygen atoms in total. The second kappa shape index (κ2) is 7.55. The molecule has 0 unspecified atom stereocenters. The molecule has 0 bridgehead atoms. The summed E-state index contributed by atoms with van der Waals surface area (Å²) in [6, 6.07) is 9.65.